The molecule has 30 unspecified atom stereocenters. The smallest absolute Gasteiger partial charge is 0.313 e. The first-order valence-corrected chi connectivity index (χ1v) is 36.6. The van der Waals surface area contributed by atoms with Crippen LogP contribution in [0.4, 0.5) is 0 Å². The average Bonchev–Trinajstić information content (AvgIpc) is 1.55. The van der Waals surface area contributed by atoms with Gasteiger partial charge in [0.2, 0.25) is 0 Å². The van der Waals surface area contributed by atoms with Crippen LogP contribution in [0.3, 0.4) is 0 Å². The molecule has 9 saturated heterocycles. The molecule has 15 fully saturated rings. The Morgan fingerprint density at radius 3 is 1.09 bits per heavy atom. The molecule has 0 aromatic heterocycles. The largest absolute Gasteiger partial charge is 0.469 e. The Labute approximate surface area is 658 Å². The molecule has 0 aromatic carbocycles. The van der Waals surface area contributed by atoms with Crippen LogP contribution < -0.4 is 0 Å². The van der Waals surface area contributed by atoms with Crippen molar-refractivity contribution in [1.82, 2.24) is 0 Å². The fourth-order valence-electron chi connectivity index (χ4n) is 18.6. The normalized spacial score (nSPS) is 37.2. The van der Waals surface area contributed by atoms with Crippen molar-refractivity contribution in [3.8, 4) is 0 Å². The third-order valence-corrected chi connectivity index (χ3v) is 26.3. The monoisotopic (exact) mass is 1570 g/mol. The van der Waals surface area contributed by atoms with Crippen molar-refractivity contribution in [3.05, 3.63) is 0 Å². The van der Waals surface area contributed by atoms with Crippen LogP contribution in [0.15, 0.2) is 0 Å². The van der Waals surface area contributed by atoms with Crippen LogP contribution in [0.1, 0.15) is 235 Å². The molecule has 26 heteroatoms. The van der Waals surface area contributed by atoms with Gasteiger partial charge in [-0.25, -0.2) is 0 Å². The zero-order valence-electron chi connectivity index (χ0n) is 60.6. The number of ether oxygens (including phenoxy) is 14. The van der Waals surface area contributed by atoms with Gasteiger partial charge in [-0.05, 0) is 129 Å². The zero-order valence-corrected chi connectivity index (χ0v) is 60.6. The summed E-state index contributed by atoms with van der Waals surface area (Å²) in [5.74, 6) is -2.89. The van der Waals surface area contributed by atoms with Crippen LogP contribution in [0.2, 0.25) is 0 Å². The summed E-state index contributed by atoms with van der Waals surface area (Å²) in [6.07, 6.45) is 3.22. The molecule has 0 spiro atoms. The van der Waals surface area contributed by atoms with E-state index < -0.39 is 113 Å². The van der Waals surface area contributed by atoms with Gasteiger partial charge in [0.25, 0.3) is 0 Å². The molecule has 0 amide bonds. The maximum Gasteiger partial charge on any atom is 0.313 e. The van der Waals surface area contributed by atoms with Crippen LogP contribution in [0, 0.1) is 129 Å². The Kier molecular flexibility index (Phi) is 36.1. The Morgan fingerprint density at radius 2 is 0.718 bits per heavy atom. The summed E-state index contributed by atoms with van der Waals surface area (Å²) in [6.45, 7) is 28.4. The summed E-state index contributed by atoms with van der Waals surface area (Å²) in [5.41, 5.74) is -1.49. The summed E-state index contributed by atoms with van der Waals surface area (Å²) in [6, 6.07) is 0. The second-order valence-electron chi connectivity index (χ2n) is 32.6. The van der Waals surface area contributed by atoms with Crippen LogP contribution in [-0.2, 0) is 124 Å². The van der Waals surface area contributed by atoms with E-state index in [0.717, 1.165) is 51.4 Å². The van der Waals surface area contributed by atoms with Crippen molar-refractivity contribution in [2.45, 2.75) is 303 Å². The highest BCUT2D eigenvalue weighted by Crippen LogP contribution is 2.61. The fraction of sp³-hybridized carbons (Fsp3) is 0.857. The molecule has 30 atom stereocenters. The molecule has 0 aromatic rings. The molecular weight excluding hydrogens is 1420 g/mol. The van der Waals surface area contributed by atoms with Gasteiger partial charge in [-0.15, -0.1) is 0 Å². The number of fused-ring (bicyclic) bond motifs is 17. The Hall–Kier alpha value is -6.44. The van der Waals surface area contributed by atoms with E-state index in [4.69, 9.17) is 66.3 Å². The highest BCUT2D eigenvalue weighted by molar-refractivity contribution is 5.88. The maximum absolute atomic E-state index is 12.3. The predicted molar refractivity (Wildman–Crippen MR) is 410 cm³/mol. The topological polar surface area (TPSA) is 334 Å². The first-order valence-electron chi connectivity index (χ1n) is 36.6. The first kappa shape index (κ1) is 102. The Balaban J connectivity index is 0.000000673. The number of cyclic esters (lactones) is 3. The molecule has 9 aliphatic heterocycles. The lowest BCUT2D eigenvalue weighted by molar-refractivity contribution is -0.171. The van der Waals surface area contributed by atoms with E-state index in [2.05, 4.69) is 6.92 Å². The van der Waals surface area contributed by atoms with Gasteiger partial charge in [-0.1, -0.05) is 130 Å². The minimum Gasteiger partial charge on any atom is -0.469 e. The van der Waals surface area contributed by atoms with Crippen molar-refractivity contribution >= 4 is 71.6 Å². The minimum atomic E-state index is -0.774. The van der Waals surface area contributed by atoms with E-state index in [9.17, 15) is 57.5 Å². The maximum atomic E-state index is 12.3. The SMILES string of the molecule is C.C.C.C.C.C.C.C.C.C.CCC(C)(C)C(=O)OC1C(C)C2CC1C1COC(=O)C21.CCC(C)(C)C(=O)OC1C2OC(=O)C3C2OC1C3C(=O)OC.CCC(C)(C)C(=O)OC1CC2CC1C1COC(=O)C21.CCC(C)C(=O)OC1C2OC(=O)C3C2OC1C3C(=O)OC.CCC(C)C(=O)OC1CC2CC1C1COC(=O)C21. The molecule has 636 valence electrons. The second-order valence-corrected chi connectivity index (χ2v) is 32.6. The summed E-state index contributed by atoms with van der Waals surface area (Å²) in [5, 5.41) is 0. The van der Waals surface area contributed by atoms with Crippen LogP contribution in [-0.4, -0.2) is 173 Å². The third-order valence-electron chi connectivity index (χ3n) is 26.3. The molecule has 6 aliphatic carbocycles. The van der Waals surface area contributed by atoms with E-state index in [1.165, 1.54) is 14.2 Å². The molecule has 15 aliphatic rings. The van der Waals surface area contributed by atoms with Gasteiger partial charge in [-0.2, -0.15) is 0 Å². The van der Waals surface area contributed by atoms with E-state index in [0.29, 0.717) is 74.1 Å². The third kappa shape index (κ3) is 17.9. The van der Waals surface area contributed by atoms with Gasteiger partial charge < -0.3 is 66.3 Å². The molecule has 26 nitrogen and oxygen atoms in total. The number of carbonyl (C=O) groups is 12. The molecule has 10 bridgehead atoms. The lowest BCUT2D eigenvalue weighted by Crippen LogP contribution is -2.49. The molecule has 0 N–H and O–H groups in total. The predicted octanol–water partition coefficient (Wildman–Crippen LogP) is 13.2. The summed E-state index contributed by atoms with van der Waals surface area (Å²) in [4.78, 5) is 143. The van der Waals surface area contributed by atoms with Gasteiger partial charge in [0.05, 0.1) is 79.9 Å². The highest BCUT2D eigenvalue weighted by atomic mass is 16.7. The summed E-state index contributed by atoms with van der Waals surface area (Å²) < 4.78 is 75.1. The molecule has 6 saturated carbocycles. The van der Waals surface area contributed by atoms with E-state index in [-0.39, 0.29) is 188 Å². The van der Waals surface area contributed by atoms with E-state index >= 15 is 0 Å². The van der Waals surface area contributed by atoms with Gasteiger partial charge in [0, 0.05) is 35.5 Å². The number of hydrogen-bond donors (Lipinski definition) is 0. The van der Waals surface area contributed by atoms with Crippen LogP contribution in [0.25, 0.3) is 0 Å². The van der Waals surface area contributed by atoms with Gasteiger partial charge in [0.15, 0.2) is 24.4 Å². The minimum absolute atomic E-state index is 0. The number of carbonyl (C=O) groups excluding carboxylic acids is 12. The lowest BCUT2D eigenvalue weighted by atomic mass is 9.74. The van der Waals surface area contributed by atoms with Crippen LogP contribution >= 0.6 is 0 Å². The highest BCUT2D eigenvalue weighted by Gasteiger charge is 2.74. The lowest BCUT2D eigenvalue weighted by Gasteiger charge is -2.35. The number of esters is 12. The summed E-state index contributed by atoms with van der Waals surface area (Å²) >= 11 is 0. The molecule has 110 heavy (non-hydrogen) atoms. The fourth-order valence-corrected chi connectivity index (χ4v) is 18.6. The van der Waals surface area contributed by atoms with Crippen molar-refractivity contribution in [3.63, 3.8) is 0 Å². The number of hydrogen-bond acceptors (Lipinski definition) is 26. The van der Waals surface area contributed by atoms with Crippen molar-refractivity contribution in [1.29, 1.82) is 0 Å². The van der Waals surface area contributed by atoms with Crippen molar-refractivity contribution in [2.75, 3.05) is 34.0 Å². The quantitative estimate of drug-likeness (QED) is 0.0964. The number of methoxy groups -OCH3 is 2. The Morgan fingerprint density at radius 1 is 0.382 bits per heavy atom. The van der Waals surface area contributed by atoms with Gasteiger partial charge in [0.1, 0.15) is 66.4 Å². The first-order chi connectivity index (χ1) is 47.2. The average molecular weight is 1570 g/mol. The van der Waals surface area contributed by atoms with E-state index in [1.807, 2.05) is 69.2 Å². The van der Waals surface area contributed by atoms with Crippen molar-refractivity contribution in [2.24, 2.45) is 129 Å². The Bertz CT molecular complexity index is 3210. The molecular formula is C84H144O26. The standard InChI is InChI=1S/C16H24O4.C15H20O7.C15H22O4.C14H18O7.C14H20O4.10CH4/c1-5-16(3,4)15(18)20-13-8(2)9-6-10(13)11-7-19-14(17)12(9)11;1-5-15(2,3)14(18)22-11-8-6(12(16)19-4)7-9(20-8)10(11)21-13(7)17;1-4-15(2,3)14(17)19-11-6-8-5-9(11)10-7-18-13(16)12(8)10;1-4-5(2)12(15)20-10-8-6(13(16)18-3)7-9(19-8)11(10)21-14(7)17;1-3-7(2)13(15)18-11-5-8-4-9(11)10-6-17-14(16)12(8)10;;;;;;;;;;/h8-13H,5-7H2,1-4H3;6-11H,5H2,1-4H3;8-12H,4-7H2,1-3H3;5-11H,4H2,1-3H3;7-12H,3-6H2,1-2H3;10*1H4. The van der Waals surface area contributed by atoms with E-state index in [1.54, 1.807) is 20.8 Å². The van der Waals surface area contributed by atoms with Gasteiger partial charge in [-0.3, -0.25) is 57.5 Å². The molecule has 9 heterocycles. The zero-order chi connectivity index (χ0) is 72.8. The van der Waals surface area contributed by atoms with Crippen molar-refractivity contribution < 1.29 is 124 Å². The molecule has 15 rings (SSSR count). The van der Waals surface area contributed by atoms with Gasteiger partial charge >= 0.3 is 71.6 Å². The summed E-state index contributed by atoms with van der Waals surface area (Å²) in [7, 11) is 2.51. The second kappa shape index (κ2) is 39.1. The molecule has 0 radical (unpaired) electrons. The van der Waals surface area contributed by atoms with Crippen LogP contribution in [0.5, 0.6) is 0 Å². The number of rotatable bonds is 17.